The lowest BCUT2D eigenvalue weighted by Gasteiger charge is -2.20. The topological polar surface area (TPSA) is 49.8 Å². The number of amides is 1. The number of phenolic OH excluding ortho intramolecular Hbond substituents is 1. The second-order valence-corrected chi connectivity index (χ2v) is 3.81. The van der Waals surface area contributed by atoms with Gasteiger partial charge in [0, 0.05) is 6.54 Å². The van der Waals surface area contributed by atoms with Crippen LogP contribution in [0, 0.1) is 12.3 Å². The summed E-state index contributed by atoms with van der Waals surface area (Å²) in [6, 6.07) is 4.54. The Bertz CT molecular complexity index is 463. The van der Waals surface area contributed by atoms with Gasteiger partial charge >= 0.3 is 0 Å². The SMILES string of the molecule is C#CCN(CCC)C(=O)c1cc(OC)ccc1O. The molecule has 0 spiro atoms. The number of hydrogen-bond acceptors (Lipinski definition) is 3. The quantitative estimate of drug-likeness (QED) is 0.808. The molecule has 1 rings (SSSR count). The third-order valence-corrected chi connectivity index (χ3v) is 2.50. The van der Waals surface area contributed by atoms with Crippen LogP contribution in [0.3, 0.4) is 0 Å². The highest BCUT2D eigenvalue weighted by Gasteiger charge is 2.18. The minimum Gasteiger partial charge on any atom is -0.507 e. The van der Waals surface area contributed by atoms with E-state index < -0.39 is 0 Å². The average molecular weight is 247 g/mol. The van der Waals surface area contributed by atoms with Crippen molar-refractivity contribution in [3.05, 3.63) is 23.8 Å². The number of rotatable bonds is 5. The van der Waals surface area contributed by atoms with Crippen LogP contribution in [0.2, 0.25) is 0 Å². The van der Waals surface area contributed by atoms with E-state index in [1.54, 1.807) is 6.07 Å². The first-order chi connectivity index (χ1) is 8.63. The van der Waals surface area contributed by atoms with Crippen molar-refractivity contribution in [1.82, 2.24) is 4.90 Å². The van der Waals surface area contributed by atoms with E-state index in [1.165, 1.54) is 24.1 Å². The van der Waals surface area contributed by atoms with Crippen molar-refractivity contribution in [2.45, 2.75) is 13.3 Å². The summed E-state index contributed by atoms with van der Waals surface area (Å²) < 4.78 is 5.04. The molecule has 4 nitrogen and oxygen atoms in total. The van der Waals surface area contributed by atoms with Gasteiger partial charge in [-0.1, -0.05) is 12.8 Å². The molecule has 0 atom stereocenters. The molecule has 0 fully saturated rings. The van der Waals surface area contributed by atoms with Gasteiger partial charge in [0.1, 0.15) is 11.5 Å². The molecule has 0 aromatic heterocycles. The molecule has 0 aliphatic heterocycles. The van der Waals surface area contributed by atoms with E-state index in [9.17, 15) is 9.90 Å². The fraction of sp³-hybridized carbons (Fsp3) is 0.357. The van der Waals surface area contributed by atoms with E-state index in [0.29, 0.717) is 12.3 Å². The maximum absolute atomic E-state index is 12.2. The number of ether oxygens (including phenoxy) is 1. The van der Waals surface area contributed by atoms with Crippen LogP contribution in [0.25, 0.3) is 0 Å². The van der Waals surface area contributed by atoms with E-state index >= 15 is 0 Å². The van der Waals surface area contributed by atoms with E-state index in [2.05, 4.69) is 5.92 Å². The molecule has 1 aromatic rings. The highest BCUT2D eigenvalue weighted by Crippen LogP contribution is 2.24. The van der Waals surface area contributed by atoms with Gasteiger partial charge in [-0.2, -0.15) is 0 Å². The van der Waals surface area contributed by atoms with Crippen LogP contribution in [0.4, 0.5) is 0 Å². The third kappa shape index (κ3) is 3.17. The third-order valence-electron chi connectivity index (χ3n) is 2.50. The predicted octanol–water partition coefficient (Wildman–Crippen LogP) is 1.89. The second kappa shape index (κ2) is 6.55. The average Bonchev–Trinajstić information content (AvgIpc) is 2.38. The van der Waals surface area contributed by atoms with Crippen LogP contribution in [0.15, 0.2) is 18.2 Å². The highest BCUT2D eigenvalue weighted by molar-refractivity contribution is 5.97. The molecule has 1 N–H and O–H groups in total. The summed E-state index contributed by atoms with van der Waals surface area (Å²) in [5.41, 5.74) is 0.207. The fourth-order valence-electron chi connectivity index (χ4n) is 1.62. The lowest BCUT2D eigenvalue weighted by molar-refractivity contribution is 0.0773. The first-order valence-corrected chi connectivity index (χ1v) is 5.73. The molecule has 0 bridgehead atoms. The molecule has 4 heteroatoms. The molecule has 1 amide bonds. The maximum Gasteiger partial charge on any atom is 0.258 e. The zero-order chi connectivity index (χ0) is 13.5. The fourth-order valence-corrected chi connectivity index (χ4v) is 1.62. The van der Waals surface area contributed by atoms with Gasteiger partial charge in [-0.15, -0.1) is 6.42 Å². The van der Waals surface area contributed by atoms with Gasteiger partial charge in [0.15, 0.2) is 0 Å². The Morgan fingerprint density at radius 3 is 2.83 bits per heavy atom. The van der Waals surface area contributed by atoms with Crippen molar-refractivity contribution in [2.75, 3.05) is 20.2 Å². The Morgan fingerprint density at radius 2 is 2.28 bits per heavy atom. The molecule has 0 saturated carbocycles. The highest BCUT2D eigenvalue weighted by atomic mass is 16.5. The van der Waals surface area contributed by atoms with Crippen molar-refractivity contribution in [3.63, 3.8) is 0 Å². The molecule has 0 radical (unpaired) electrons. The van der Waals surface area contributed by atoms with Crippen LogP contribution < -0.4 is 4.74 Å². The van der Waals surface area contributed by atoms with Crippen LogP contribution in [-0.2, 0) is 0 Å². The largest absolute Gasteiger partial charge is 0.507 e. The number of carbonyl (C=O) groups excluding carboxylic acids is 1. The Kier molecular flexibility index (Phi) is 5.06. The van der Waals surface area contributed by atoms with Crippen molar-refractivity contribution in [1.29, 1.82) is 0 Å². The van der Waals surface area contributed by atoms with E-state index in [0.717, 1.165) is 6.42 Å². The Hall–Kier alpha value is -2.15. The molecule has 0 heterocycles. The first kappa shape index (κ1) is 13.9. The number of hydrogen-bond donors (Lipinski definition) is 1. The minimum absolute atomic E-state index is 0.0704. The number of benzene rings is 1. The Morgan fingerprint density at radius 1 is 1.56 bits per heavy atom. The van der Waals surface area contributed by atoms with E-state index in [4.69, 9.17) is 11.2 Å². The van der Waals surface area contributed by atoms with Gasteiger partial charge < -0.3 is 14.7 Å². The van der Waals surface area contributed by atoms with Gasteiger partial charge in [-0.3, -0.25) is 4.79 Å². The number of methoxy groups -OCH3 is 1. The predicted molar refractivity (Wildman–Crippen MR) is 69.7 cm³/mol. The van der Waals surface area contributed by atoms with Gasteiger partial charge in [-0.25, -0.2) is 0 Å². The van der Waals surface area contributed by atoms with Crippen molar-refractivity contribution in [3.8, 4) is 23.8 Å². The van der Waals surface area contributed by atoms with Crippen molar-refractivity contribution in [2.24, 2.45) is 0 Å². The number of carbonyl (C=O) groups is 1. The lowest BCUT2D eigenvalue weighted by Crippen LogP contribution is -2.32. The van der Waals surface area contributed by atoms with Gasteiger partial charge in [0.2, 0.25) is 0 Å². The lowest BCUT2D eigenvalue weighted by atomic mass is 10.1. The van der Waals surface area contributed by atoms with Gasteiger partial charge in [0.25, 0.3) is 5.91 Å². The molecule has 0 saturated heterocycles. The summed E-state index contributed by atoms with van der Waals surface area (Å²) in [6.45, 7) is 2.74. The summed E-state index contributed by atoms with van der Waals surface area (Å²) >= 11 is 0. The summed E-state index contributed by atoms with van der Waals surface area (Å²) in [7, 11) is 1.51. The Labute approximate surface area is 107 Å². The molecule has 96 valence electrons. The number of terminal acetylenes is 1. The number of aromatic hydroxyl groups is 1. The van der Waals surface area contributed by atoms with Crippen molar-refractivity contribution >= 4 is 5.91 Å². The molecule has 0 aliphatic carbocycles. The minimum atomic E-state index is -0.286. The zero-order valence-electron chi connectivity index (χ0n) is 10.6. The molecular formula is C14H17NO3. The first-order valence-electron chi connectivity index (χ1n) is 5.73. The standard InChI is InChI=1S/C14H17NO3/c1-4-8-15(9-5-2)14(17)12-10-11(18-3)6-7-13(12)16/h1,6-7,10,16H,5,8-9H2,2-3H3. The van der Waals surface area contributed by atoms with Crippen molar-refractivity contribution < 1.29 is 14.6 Å². The smallest absolute Gasteiger partial charge is 0.258 e. The molecule has 18 heavy (non-hydrogen) atoms. The molecule has 1 aromatic carbocycles. The Balaban J connectivity index is 3.03. The zero-order valence-corrected chi connectivity index (χ0v) is 10.6. The summed E-state index contributed by atoms with van der Waals surface area (Å²) in [5, 5.41) is 9.73. The number of phenols is 1. The van der Waals surface area contributed by atoms with Gasteiger partial charge in [-0.05, 0) is 24.6 Å². The molecule has 0 unspecified atom stereocenters. The second-order valence-electron chi connectivity index (χ2n) is 3.81. The summed E-state index contributed by atoms with van der Waals surface area (Å²) in [5.74, 6) is 2.61. The normalized spacial score (nSPS) is 9.61. The summed E-state index contributed by atoms with van der Waals surface area (Å²) in [4.78, 5) is 13.8. The van der Waals surface area contributed by atoms with Crippen LogP contribution >= 0.6 is 0 Å². The van der Waals surface area contributed by atoms with Crippen LogP contribution in [0.5, 0.6) is 11.5 Å². The van der Waals surface area contributed by atoms with E-state index in [1.807, 2.05) is 6.92 Å². The van der Waals surface area contributed by atoms with Crippen LogP contribution in [0.1, 0.15) is 23.7 Å². The van der Waals surface area contributed by atoms with Crippen LogP contribution in [-0.4, -0.2) is 36.1 Å². The number of nitrogens with zero attached hydrogens (tertiary/aromatic N) is 1. The monoisotopic (exact) mass is 247 g/mol. The molecular weight excluding hydrogens is 230 g/mol. The van der Waals surface area contributed by atoms with Gasteiger partial charge in [0.05, 0.1) is 19.2 Å². The molecule has 0 aliphatic rings. The van der Waals surface area contributed by atoms with E-state index in [-0.39, 0.29) is 23.8 Å². The summed E-state index contributed by atoms with van der Waals surface area (Å²) in [6.07, 6.45) is 6.04. The maximum atomic E-state index is 12.2.